The lowest BCUT2D eigenvalue weighted by atomic mass is 10.1. The van der Waals surface area contributed by atoms with Gasteiger partial charge in [-0.05, 0) is 51.0 Å². The summed E-state index contributed by atoms with van der Waals surface area (Å²) in [5, 5.41) is 3.26. The van der Waals surface area contributed by atoms with Crippen molar-refractivity contribution in [3.8, 4) is 0 Å². The highest BCUT2D eigenvalue weighted by atomic mass is 16.1. The number of primary amides is 1. The second-order valence-electron chi connectivity index (χ2n) is 6.68. The number of carbonyl (C=O) groups excluding carboxylic acids is 1. The number of hydrogen-bond donors (Lipinski definition) is 2. The molecule has 3 N–H and O–H groups in total. The van der Waals surface area contributed by atoms with Gasteiger partial charge < -0.3 is 16.0 Å². The highest BCUT2D eigenvalue weighted by Gasteiger charge is 2.20. The van der Waals surface area contributed by atoms with Crippen LogP contribution in [0.1, 0.15) is 32.8 Å². The third-order valence-corrected chi connectivity index (χ3v) is 4.56. The molecule has 0 radical (unpaired) electrons. The van der Waals surface area contributed by atoms with Crippen molar-refractivity contribution in [3.63, 3.8) is 0 Å². The minimum absolute atomic E-state index is 0.305. The molecule has 5 heteroatoms. The summed E-state index contributed by atoms with van der Waals surface area (Å²) in [5.41, 5.74) is 8.82. The summed E-state index contributed by atoms with van der Waals surface area (Å²) in [6.45, 7) is 12.8. The number of hydrogen-bond acceptors (Lipinski definition) is 4. The molecule has 0 unspecified atom stereocenters. The van der Waals surface area contributed by atoms with Crippen molar-refractivity contribution >= 4 is 17.3 Å². The van der Waals surface area contributed by atoms with E-state index in [0.29, 0.717) is 12.5 Å². The lowest BCUT2D eigenvalue weighted by Gasteiger charge is -2.38. The van der Waals surface area contributed by atoms with Crippen molar-refractivity contribution in [2.24, 2.45) is 5.73 Å². The SMILES string of the molecule is CC[C@@H](Nc1cc(C)cc(N2CCN(C(C)C)CC2)c1)C(N)=O. The second kappa shape index (κ2) is 7.68. The van der Waals surface area contributed by atoms with Crippen molar-refractivity contribution in [2.75, 3.05) is 36.4 Å². The average molecular weight is 318 g/mol. The zero-order valence-corrected chi connectivity index (χ0v) is 14.8. The maximum Gasteiger partial charge on any atom is 0.239 e. The molecule has 1 heterocycles. The molecule has 1 aliphatic heterocycles. The summed E-state index contributed by atoms with van der Waals surface area (Å²) in [4.78, 5) is 16.4. The first-order valence-corrected chi connectivity index (χ1v) is 8.57. The van der Waals surface area contributed by atoms with E-state index in [-0.39, 0.29) is 11.9 Å². The molecule has 2 rings (SSSR count). The Labute approximate surface area is 139 Å². The molecule has 1 saturated heterocycles. The molecule has 1 aliphatic rings. The molecule has 5 nitrogen and oxygen atoms in total. The smallest absolute Gasteiger partial charge is 0.239 e. The fourth-order valence-corrected chi connectivity index (χ4v) is 3.10. The van der Waals surface area contributed by atoms with Gasteiger partial charge in [-0.2, -0.15) is 0 Å². The molecule has 0 aromatic heterocycles. The lowest BCUT2D eigenvalue weighted by Crippen LogP contribution is -2.48. The molecule has 0 spiro atoms. The molecule has 128 valence electrons. The first-order valence-electron chi connectivity index (χ1n) is 8.57. The van der Waals surface area contributed by atoms with Gasteiger partial charge in [0.2, 0.25) is 5.91 Å². The number of aryl methyl sites for hydroxylation is 1. The molecule has 1 aromatic rings. The quantitative estimate of drug-likeness (QED) is 0.844. The van der Waals surface area contributed by atoms with E-state index in [0.717, 1.165) is 31.9 Å². The van der Waals surface area contributed by atoms with Crippen LogP contribution in [0.2, 0.25) is 0 Å². The van der Waals surface area contributed by atoms with Crippen LogP contribution in [0.15, 0.2) is 18.2 Å². The summed E-state index contributed by atoms with van der Waals surface area (Å²) in [6.07, 6.45) is 0.686. The number of rotatable bonds is 6. The Hall–Kier alpha value is -1.75. The van der Waals surface area contributed by atoms with Crippen LogP contribution in [0.5, 0.6) is 0 Å². The summed E-state index contributed by atoms with van der Waals surface area (Å²) in [5.74, 6) is -0.305. The zero-order chi connectivity index (χ0) is 17.0. The van der Waals surface area contributed by atoms with Crippen molar-refractivity contribution < 1.29 is 4.79 Å². The largest absolute Gasteiger partial charge is 0.374 e. The number of carbonyl (C=O) groups is 1. The monoisotopic (exact) mass is 318 g/mol. The van der Waals surface area contributed by atoms with Crippen molar-refractivity contribution in [1.82, 2.24) is 4.90 Å². The van der Waals surface area contributed by atoms with Gasteiger partial charge in [0.05, 0.1) is 0 Å². The predicted molar refractivity (Wildman–Crippen MR) is 97.0 cm³/mol. The molecular weight excluding hydrogens is 288 g/mol. The Bertz CT molecular complexity index is 536. The van der Waals surface area contributed by atoms with Crippen LogP contribution >= 0.6 is 0 Å². The standard InChI is InChI=1S/C18H30N4O/c1-5-17(18(19)23)20-15-10-14(4)11-16(12-15)22-8-6-21(7-9-22)13(2)3/h10-13,17,20H,5-9H2,1-4H3,(H2,19,23)/t17-/m1/s1. The highest BCUT2D eigenvalue weighted by Crippen LogP contribution is 2.24. The van der Waals surface area contributed by atoms with Crippen LogP contribution in [0, 0.1) is 6.92 Å². The van der Waals surface area contributed by atoms with Crippen LogP contribution in [0.25, 0.3) is 0 Å². The molecule has 1 aromatic carbocycles. The van der Waals surface area contributed by atoms with E-state index in [9.17, 15) is 4.79 Å². The fourth-order valence-electron chi connectivity index (χ4n) is 3.10. The van der Waals surface area contributed by atoms with Gasteiger partial charge in [-0.1, -0.05) is 6.92 Å². The van der Waals surface area contributed by atoms with Gasteiger partial charge in [0.1, 0.15) is 6.04 Å². The number of nitrogens with zero attached hydrogens (tertiary/aromatic N) is 2. The van der Waals surface area contributed by atoms with Crippen LogP contribution < -0.4 is 16.0 Å². The average Bonchev–Trinajstić information content (AvgIpc) is 2.51. The number of nitrogens with one attached hydrogen (secondary N) is 1. The van der Waals surface area contributed by atoms with Crippen molar-refractivity contribution in [1.29, 1.82) is 0 Å². The third-order valence-electron chi connectivity index (χ3n) is 4.56. The summed E-state index contributed by atoms with van der Waals surface area (Å²) in [6, 6.07) is 6.69. The maximum atomic E-state index is 11.5. The molecule has 1 amide bonds. The molecule has 0 aliphatic carbocycles. The first-order chi connectivity index (χ1) is 10.9. The lowest BCUT2D eigenvalue weighted by molar-refractivity contribution is -0.118. The second-order valence-corrected chi connectivity index (χ2v) is 6.68. The molecular formula is C18H30N4O. The molecule has 0 saturated carbocycles. The van der Waals surface area contributed by atoms with Gasteiger partial charge >= 0.3 is 0 Å². The molecule has 1 atom stereocenters. The number of nitrogens with two attached hydrogens (primary N) is 1. The Kier molecular flexibility index (Phi) is 5.88. The van der Waals surface area contributed by atoms with E-state index < -0.39 is 0 Å². The van der Waals surface area contributed by atoms with E-state index in [2.05, 4.69) is 54.1 Å². The maximum absolute atomic E-state index is 11.5. The number of anilines is 2. The topological polar surface area (TPSA) is 61.6 Å². The first kappa shape index (κ1) is 17.6. The molecule has 23 heavy (non-hydrogen) atoms. The van der Waals surface area contributed by atoms with Gasteiger partial charge in [0, 0.05) is 43.6 Å². The number of amides is 1. The van der Waals surface area contributed by atoms with Crippen LogP contribution in [0.3, 0.4) is 0 Å². The van der Waals surface area contributed by atoms with Crippen molar-refractivity contribution in [2.45, 2.75) is 46.2 Å². The minimum atomic E-state index is -0.317. The van der Waals surface area contributed by atoms with E-state index in [1.54, 1.807) is 0 Å². The Morgan fingerprint density at radius 3 is 2.39 bits per heavy atom. The van der Waals surface area contributed by atoms with Crippen molar-refractivity contribution in [3.05, 3.63) is 23.8 Å². The third kappa shape index (κ3) is 4.61. The van der Waals surface area contributed by atoms with Gasteiger partial charge in [-0.25, -0.2) is 0 Å². The highest BCUT2D eigenvalue weighted by molar-refractivity contribution is 5.83. The van der Waals surface area contributed by atoms with Gasteiger partial charge in [-0.3, -0.25) is 9.69 Å². The summed E-state index contributed by atoms with van der Waals surface area (Å²) in [7, 11) is 0. The Balaban J connectivity index is 2.10. The van der Waals surface area contributed by atoms with Gasteiger partial charge in [0.15, 0.2) is 0 Å². The summed E-state index contributed by atoms with van der Waals surface area (Å²) >= 11 is 0. The van der Waals surface area contributed by atoms with Crippen LogP contribution in [-0.2, 0) is 4.79 Å². The van der Waals surface area contributed by atoms with E-state index >= 15 is 0 Å². The molecule has 0 bridgehead atoms. The summed E-state index contributed by atoms with van der Waals surface area (Å²) < 4.78 is 0. The van der Waals surface area contributed by atoms with E-state index in [1.165, 1.54) is 11.3 Å². The molecule has 1 fully saturated rings. The van der Waals surface area contributed by atoms with Gasteiger partial charge in [0.25, 0.3) is 0 Å². The number of piperazine rings is 1. The van der Waals surface area contributed by atoms with E-state index in [1.807, 2.05) is 6.92 Å². The predicted octanol–water partition coefficient (Wildman–Crippen LogP) is 2.20. The van der Waals surface area contributed by atoms with E-state index in [4.69, 9.17) is 5.73 Å². The fraction of sp³-hybridized carbons (Fsp3) is 0.611. The van der Waals surface area contributed by atoms with Crippen LogP contribution in [-0.4, -0.2) is 49.1 Å². The van der Waals surface area contributed by atoms with Gasteiger partial charge in [-0.15, -0.1) is 0 Å². The zero-order valence-electron chi connectivity index (χ0n) is 14.8. The normalized spacial score (nSPS) is 17.3. The minimum Gasteiger partial charge on any atom is -0.374 e. The Morgan fingerprint density at radius 1 is 1.22 bits per heavy atom. The van der Waals surface area contributed by atoms with Crippen LogP contribution in [0.4, 0.5) is 11.4 Å². The number of benzene rings is 1. The Morgan fingerprint density at radius 2 is 1.87 bits per heavy atom.